The maximum absolute atomic E-state index is 12.5. The second-order valence-electron chi connectivity index (χ2n) is 5.01. The van der Waals surface area contributed by atoms with Gasteiger partial charge in [-0.1, -0.05) is 19.3 Å². The molecule has 0 radical (unpaired) electrons. The Hall–Kier alpha value is -1.42. The maximum Gasteiger partial charge on any atom is 0.231 e. The van der Waals surface area contributed by atoms with Crippen molar-refractivity contribution < 1.29 is 4.79 Å². The molecule has 1 fully saturated rings. The highest BCUT2D eigenvalue weighted by molar-refractivity contribution is 5.94. The molecule has 1 heterocycles. The van der Waals surface area contributed by atoms with Gasteiger partial charge < -0.3 is 10.6 Å². The molecule has 1 amide bonds. The van der Waals surface area contributed by atoms with Crippen molar-refractivity contribution in [1.82, 2.24) is 4.98 Å². The summed E-state index contributed by atoms with van der Waals surface area (Å²) in [4.78, 5) is 18.2. The standard InChI is InChI=1S/C14H21N3O/c1-17(11-7-9-16-10-8-11)14(18)12-5-3-2-4-6-13(12)15/h7-10,12-13H,2-6,15H2,1H3. The first-order valence-corrected chi connectivity index (χ1v) is 6.63. The monoisotopic (exact) mass is 247 g/mol. The average molecular weight is 247 g/mol. The quantitative estimate of drug-likeness (QED) is 0.813. The average Bonchev–Trinajstić information content (AvgIpc) is 2.63. The number of amides is 1. The number of nitrogens with zero attached hydrogens (tertiary/aromatic N) is 2. The van der Waals surface area contributed by atoms with E-state index in [1.807, 2.05) is 19.2 Å². The fourth-order valence-corrected chi connectivity index (χ4v) is 2.59. The summed E-state index contributed by atoms with van der Waals surface area (Å²) in [7, 11) is 1.81. The van der Waals surface area contributed by atoms with Crippen LogP contribution in [0.1, 0.15) is 32.1 Å². The largest absolute Gasteiger partial charge is 0.327 e. The van der Waals surface area contributed by atoms with Crippen LogP contribution in [-0.4, -0.2) is 24.0 Å². The molecule has 0 spiro atoms. The Balaban J connectivity index is 2.10. The molecule has 18 heavy (non-hydrogen) atoms. The third-order valence-electron chi connectivity index (χ3n) is 3.77. The van der Waals surface area contributed by atoms with E-state index in [2.05, 4.69) is 4.98 Å². The van der Waals surface area contributed by atoms with E-state index in [4.69, 9.17) is 5.73 Å². The number of rotatable bonds is 2. The Morgan fingerprint density at radius 3 is 2.67 bits per heavy atom. The fourth-order valence-electron chi connectivity index (χ4n) is 2.59. The molecule has 1 aliphatic rings. The van der Waals surface area contributed by atoms with Crippen molar-refractivity contribution in [3.63, 3.8) is 0 Å². The van der Waals surface area contributed by atoms with Gasteiger partial charge >= 0.3 is 0 Å². The molecule has 2 N–H and O–H groups in total. The maximum atomic E-state index is 12.5. The second-order valence-corrected chi connectivity index (χ2v) is 5.01. The molecular formula is C14H21N3O. The number of hydrogen-bond donors (Lipinski definition) is 1. The van der Waals surface area contributed by atoms with Gasteiger partial charge in [0.15, 0.2) is 0 Å². The number of carbonyl (C=O) groups excluding carboxylic acids is 1. The van der Waals surface area contributed by atoms with Crippen LogP contribution in [0, 0.1) is 5.92 Å². The van der Waals surface area contributed by atoms with Crippen LogP contribution in [-0.2, 0) is 4.79 Å². The molecule has 1 aliphatic carbocycles. The molecule has 2 rings (SSSR count). The van der Waals surface area contributed by atoms with Crippen molar-refractivity contribution in [3.05, 3.63) is 24.5 Å². The van der Waals surface area contributed by atoms with Crippen molar-refractivity contribution >= 4 is 11.6 Å². The van der Waals surface area contributed by atoms with E-state index in [9.17, 15) is 4.79 Å². The Labute approximate surface area is 108 Å². The first-order chi connectivity index (χ1) is 8.70. The SMILES string of the molecule is CN(C(=O)C1CCCCCC1N)c1ccncc1. The molecule has 1 aromatic heterocycles. The first-order valence-electron chi connectivity index (χ1n) is 6.63. The van der Waals surface area contributed by atoms with E-state index in [-0.39, 0.29) is 17.9 Å². The van der Waals surface area contributed by atoms with Crippen LogP contribution in [0.5, 0.6) is 0 Å². The molecule has 0 bridgehead atoms. The van der Waals surface area contributed by atoms with Gasteiger partial charge in [0, 0.05) is 31.2 Å². The topological polar surface area (TPSA) is 59.2 Å². The Kier molecular flexibility index (Phi) is 4.31. The number of hydrogen-bond acceptors (Lipinski definition) is 3. The van der Waals surface area contributed by atoms with Crippen LogP contribution < -0.4 is 10.6 Å². The summed E-state index contributed by atoms with van der Waals surface area (Å²) in [6.07, 6.45) is 8.71. The summed E-state index contributed by atoms with van der Waals surface area (Å²) >= 11 is 0. The summed E-state index contributed by atoms with van der Waals surface area (Å²) in [6, 6.07) is 3.70. The third-order valence-corrected chi connectivity index (χ3v) is 3.77. The molecule has 4 heteroatoms. The van der Waals surface area contributed by atoms with Crippen molar-refractivity contribution in [2.24, 2.45) is 11.7 Å². The molecule has 0 aromatic carbocycles. The summed E-state index contributed by atoms with van der Waals surface area (Å²) < 4.78 is 0. The van der Waals surface area contributed by atoms with Crippen LogP contribution >= 0.6 is 0 Å². The Morgan fingerprint density at radius 1 is 1.28 bits per heavy atom. The van der Waals surface area contributed by atoms with E-state index in [1.54, 1.807) is 17.3 Å². The van der Waals surface area contributed by atoms with E-state index in [0.29, 0.717) is 0 Å². The highest BCUT2D eigenvalue weighted by Gasteiger charge is 2.29. The first kappa shape index (κ1) is 13.0. The number of nitrogens with two attached hydrogens (primary N) is 1. The van der Waals surface area contributed by atoms with Crippen LogP contribution in [0.25, 0.3) is 0 Å². The molecule has 1 aromatic rings. The zero-order valence-electron chi connectivity index (χ0n) is 10.9. The smallest absolute Gasteiger partial charge is 0.231 e. The number of anilines is 1. The van der Waals surface area contributed by atoms with Crippen LogP contribution in [0.15, 0.2) is 24.5 Å². The van der Waals surface area contributed by atoms with Gasteiger partial charge in [0.25, 0.3) is 0 Å². The van der Waals surface area contributed by atoms with Gasteiger partial charge in [0.05, 0.1) is 5.92 Å². The molecule has 2 unspecified atom stereocenters. The van der Waals surface area contributed by atoms with Gasteiger partial charge in [-0.2, -0.15) is 0 Å². The molecule has 98 valence electrons. The minimum Gasteiger partial charge on any atom is -0.327 e. The zero-order chi connectivity index (χ0) is 13.0. The van der Waals surface area contributed by atoms with Gasteiger partial charge in [-0.05, 0) is 25.0 Å². The summed E-state index contributed by atoms with van der Waals surface area (Å²) in [5.41, 5.74) is 7.02. The molecule has 0 aliphatic heterocycles. The van der Waals surface area contributed by atoms with E-state index in [1.165, 1.54) is 6.42 Å². The number of aromatic nitrogens is 1. The highest BCUT2D eigenvalue weighted by atomic mass is 16.2. The van der Waals surface area contributed by atoms with Gasteiger partial charge in [-0.15, -0.1) is 0 Å². The lowest BCUT2D eigenvalue weighted by Gasteiger charge is -2.26. The predicted octanol–water partition coefficient (Wildman–Crippen LogP) is 1.95. The van der Waals surface area contributed by atoms with Crippen molar-refractivity contribution in [3.8, 4) is 0 Å². The number of carbonyl (C=O) groups is 1. The van der Waals surface area contributed by atoms with Gasteiger partial charge in [-0.3, -0.25) is 9.78 Å². The summed E-state index contributed by atoms with van der Waals surface area (Å²) in [5.74, 6) is 0.0984. The Morgan fingerprint density at radius 2 is 1.94 bits per heavy atom. The molecule has 2 atom stereocenters. The van der Waals surface area contributed by atoms with Crippen LogP contribution in [0.2, 0.25) is 0 Å². The molecule has 4 nitrogen and oxygen atoms in total. The van der Waals surface area contributed by atoms with Crippen molar-refractivity contribution in [2.45, 2.75) is 38.1 Å². The van der Waals surface area contributed by atoms with Crippen molar-refractivity contribution in [1.29, 1.82) is 0 Å². The predicted molar refractivity (Wildman–Crippen MR) is 72.2 cm³/mol. The van der Waals surface area contributed by atoms with E-state index in [0.717, 1.165) is 31.4 Å². The minimum atomic E-state index is -0.0364. The van der Waals surface area contributed by atoms with Gasteiger partial charge in [-0.25, -0.2) is 0 Å². The zero-order valence-corrected chi connectivity index (χ0v) is 10.9. The Bertz CT molecular complexity index is 393. The lowest BCUT2D eigenvalue weighted by Crippen LogP contribution is -2.42. The van der Waals surface area contributed by atoms with E-state index >= 15 is 0 Å². The van der Waals surface area contributed by atoms with Crippen molar-refractivity contribution in [2.75, 3.05) is 11.9 Å². The van der Waals surface area contributed by atoms with Gasteiger partial charge in [0.1, 0.15) is 0 Å². The minimum absolute atomic E-state index is 0.00397. The number of pyridine rings is 1. The lowest BCUT2D eigenvalue weighted by molar-refractivity contribution is -0.122. The normalized spacial score (nSPS) is 24.3. The molecular weight excluding hydrogens is 226 g/mol. The molecule has 1 saturated carbocycles. The highest BCUT2D eigenvalue weighted by Crippen LogP contribution is 2.25. The van der Waals surface area contributed by atoms with Crippen LogP contribution in [0.3, 0.4) is 0 Å². The third kappa shape index (κ3) is 2.88. The van der Waals surface area contributed by atoms with E-state index < -0.39 is 0 Å². The lowest BCUT2D eigenvalue weighted by atomic mass is 9.94. The van der Waals surface area contributed by atoms with Crippen LogP contribution in [0.4, 0.5) is 5.69 Å². The second kappa shape index (κ2) is 5.96. The van der Waals surface area contributed by atoms with Gasteiger partial charge in [0.2, 0.25) is 5.91 Å². The summed E-state index contributed by atoms with van der Waals surface area (Å²) in [6.45, 7) is 0. The molecule has 0 saturated heterocycles. The summed E-state index contributed by atoms with van der Waals surface area (Å²) in [5, 5.41) is 0. The fraction of sp³-hybridized carbons (Fsp3) is 0.571.